The highest BCUT2D eigenvalue weighted by Gasteiger charge is 2.23. The number of carbonyl (C=O) groups excluding carboxylic acids is 2. The van der Waals surface area contributed by atoms with Crippen molar-refractivity contribution in [2.75, 3.05) is 26.0 Å². The largest absolute Gasteiger partial charge is 0.497 e. The maximum absolute atomic E-state index is 13.6. The molecule has 8 nitrogen and oxygen atoms in total. The van der Waals surface area contributed by atoms with Gasteiger partial charge in [0.15, 0.2) is 5.16 Å². The van der Waals surface area contributed by atoms with Gasteiger partial charge in [0.1, 0.15) is 15.5 Å². The van der Waals surface area contributed by atoms with Gasteiger partial charge in [-0.1, -0.05) is 37.2 Å². The molecule has 0 aliphatic heterocycles. The second-order valence-electron chi connectivity index (χ2n) is 7.58. The maximum atomic E-state index is 13.6. The van der Waals surface area contributed by atoms with Crippen molar-refractivity contribution in [3.05, 3.63) is 50.6 Å². The molecule has 3 aromatic rings. The van der Waals surface area contributed by atoms with Crippen LogP contribution in [0.2, 0.25) is 0 Å². The summed E-state index contributed by atoms with van der Waals surface area (Å²) in [5.41, 5.74) is 1.20. The molecule has 2 aromatic heterocycles. The van der Waals surface area contributed by atoms with Crippen LogP contribution in [0.5, 0.6) is 5.75 Å². The molecule has 0 aliphatic carbocycles. The molecular formula is C24H29N3O5S2. The predicted octanol–water partition coefficient (Wildman–Crippen LogP) is 4.01. The summed E-state index contributed by atoms with van der Waals surface area (Å²) in [5, 5.41) is 3.71. The number of aromatic nitrogens is 2. The average molecular weight is 504 g/mol. The molecule has 0 saturated heterocycles. The van der Waals surface area contributed by atoms with Crippen LogP contribution in [0.1, 0.15) is 47.5 Å². The van der Waals surface area contributed by atoms with E-state index < -0.39 is 5.97 Å². The van der Waals surface area contributed by atoms with Crippen molar-refractivity contribution in [2.24, 2.45) is 0 Å². The third-order valence-corrected chi connectivity index (χ3v) is 7.30. The number of ether oxygens (including phenoxy) is 2. The van der Waals surface area contributed by atoms with Crippen LogP contribution in [0.15, 0.2) is 34.2 Å². The smallest absolute Gasteiger partial charge is 0.348 e. The molecule has 2 heterocycles. The molecule has 0 saturated carbocycles. The molecule has 0 radical (unpaired) electrons. The lowest BCUT2D eigenvalue weighted by molar-refractivity contribution is -0.118. The minimum absolute atomic E-state index is 0.113. The quantitative estimate of drug-likeness (QED) is 0.183. The van der Waals surface area contributed by atoms with Gasteiger partial charge in [-0.3, -0.25) is 14.2 Å². The molecule has 0 atom stereocenters. The van der Waals surface area contributed by atoms with E-state index in [9.17, 15) is 14.4 Å². The summed E-state index contributed by atoms with van der Waals surface area (Å²) in [6, 6.07) is 7.42. The third kappa shape index (κ3) is 5.98. The molecule has 34 heavy (non-hydrogen) atoms. The number of nitrogens with one attached hydrogen (secondary N) is 1. The molecular weight excluding hydrogens is 474 g/mol. The Morgan fingerprint density at radius 2 is 1.94 bits per heavy atom. The standard InChI is InChI=1S/C24H29N3O5S2/c1-5-7-12-25-18(28)14-33-24-26-21-19(15(3)20(34-21)23(30)32-6-2)22(29)27(24)13-16-8-10-17(31-4)11-9-16/h8-11H,5-7,12-14H2,1-4H3,(H,25,28). The Morgan fingerprint density at radius 3 is 2.59 bits per heavy atom. The van der Waals surface area contributed by atoms with Crippen molar-refractivity contribution in [2.45, 2.75) is 45.3 Å². The molecule has 1 N–H and O–H groups in total. The van der Waals surface area contributed by atoms with E-state index >= 15 is 0 Å². The van der Waals surface area contributed by atoms with Crippen LogP contribution in [-0.2, 0) is 16.1 Å². The number of amides is 1. The number of methoxy groups -OCH3 is 1. The predicted molar refractivity (Wildman–Crippen MR) is 135 cm³/mol. The number of thioether (sulfide) groups is 1. The lowest BCUT2D eigenvalue weighted by Crippen LogP contribution is -2.28. The van der Waals surface area contributed by atoms with Crippen molar-refractivity contribution in [3.63, 3.8) is 0 Å². The minimum atomic E-state index is -0.464. The van der Waals surface area contributed by atoms with Gasteiger partial charge < -0.3 is 14.8 Å². The van der Waals surface area contributed by atoms with Crippen molar-refractivity contribution in [1.82, 2.24) is 14.9 Å². The van der Waals surface area contributed by atoms with E-state index in [0.717, 1.165) is 35.5 Å². The molecule has 3 rings (SSSR count). The number of hydrogen-bond donors (Lipinski definition) is 1. The zero-order valence-electron chi connectivity index (χ0n) is 19.8. The zero-order valence-corrected chi connectivity index (χ0v) is 21.4. The van der Waals surface area contributed by atoms with Crippen molar-refractivity contribution < 1.29 is 19.1 Å². The summed E-state index contributed by atoms with van der Waals surface area (Å²) >= 11 is 2.35. The van der Waals surface area contributed by atoms with Gasteiger partial charge in [-0.25, -0.2) is 9.78 Å². The summed E-state index contributed by atoms with van der Waals surface area (Å²) in [7, 11) is 1.60. The number of fused-ring (bicyclic) bond motifs is 1. The Labute approximate surface area is 206 Å². The summed E-state index contributed by atoms with van der Waals surface area (Å²) in [4.78, 5) is 43.8. The number of hydrogen-bond acceptors (Lipinski definition) is 8. The fourth-order valence-corrected chi connectivity index (χ4v) is 5.28. The van der Waals surface area contributed by atoms with E-state index in [4.69, 9.17) is 14.5 Å². The van der Waals surface area contributed by atoms with E-state index in [1.54, 1.807) is 25.5 Å². The number of aryl methyl sites for hydroxylation is 1. The second-order valence-corrected chi connectivity index (χ2v) is 9.52. The van der Waals surface area contributed by atoms with Gasteiger partial charge in [-0.15, -0.1) is 11.3 Å². The van der Waals surface area contributed by atoms with E-state index in [1.165, 1.54) is 11.8 Å². The fraction of sp³-hybridized carbons (Fsp3) is 0.417. The van der Waals surface area contributed by atoms with Crippen LogP contribution in [0.4, 0.5) is 0 Å². The van der Waals surface area contributed by atoms with Gasteiger partial charge in [0, 0.05) is 6.54 Å². The molecule has 1 amide bonds. The van der Waals surface area contributed by atoms with Crippen LogP contribution in [-0.4, -0.2) is 47.4 Å². The normalized spacial score (nSPS) is 10.9. The number of esters is 1. The molecule has 0 spiro atoms. The first-order valence-electron chi connectivity index (χ1n) is 11.1. The van der Waals surface area contributed by atoms with Crippen molar-refractivity contribution in [1.29, 1.82) is 0 Å². The topological polar surface area (TPSA) is 99.5 Å². The Bertz CT molecular complexity index is 1220. The van der Waals surface area contributed by atoms with Crippen LogP contribution in [0.25, 0.3) is 10.2 Å². The summed E-state index contributed by atoms with van der Waals surface area (Å²) in [5.74, 6) is 0.280. The first-order valence-corrected chi connectivity index (χ1v) is 12.9. The van der Waals surface area contributed by atoms with E-state index in [1.807, 2.05) is 24.3 Å². The number of rotatable bonds is 11. The Kier molecular flexibility index (Phi) is 9.12. The number of thiophene rings is 1. The van der Waals surface area contributed by atoms with Crippen LogP contribution in [0.3, 0.4) is 0 Å². The number of carbonyl (C=O) groups is 2. The molecule has 0 unspecified atom stereocenters. The van der Waals surface area contributed by atoms with Gasteiger partial charge in [-0.05, 0) is 43.5 Å². The zero-order chi connectivity index (χ0) is 24.7. The van der Waals surface area contributed by atoms with E-state index in [2.05, 4.69) is 12.2 Å². The minimum Gasteiger partial charge on any atom is -0.497 e. The highest BCUT2D eigenvalue weighted by Crippen LogP contribution is 2.30. The monoisotopic (exact) mass is 503 g/mol. The molecule has 10 heteroatoms. The molecule has 0 aliphatic rings. The fourth-order valence-electron chi connectivity index (χ4n) is 3.34. The van der Waals surface area contributed by atoms with Gasteiger partial charge in [0.2, 0.25) is 5.91 Å². The van der Waals surface area contributed by atoms with Gasteiger partial charge in [0.05, 0.1) is 31.4 Å². The highest BCUT2D eigenvalue weighted by atomic mass is 32.2. The Balaban J connectivity index is 2.01. The second kappa shape index (κ2) is 12.0. The number of benzene rings is 1. The first-order chi connectivity index (χ1) is 16.4. The van der Waals surface area contributed by atoms with E-state index in [-0.39, 0.29) is 30.4 Å². The Hall–Kier alpha value is -2.85. The van der Waals surface area contributed by atoms with E-state index in [0.29, 0.717) is 32.4 Å². The molecule has 1 aromatic carbocycles. The van der Waals surface area contributed by atoms with Gasteiger partial charge in [-0.2, -0.15) is 0 Å². The number of nitrogens with zero attached hydrogens (tertiary/aromatic N) is 2. The summed E-state index contributed by atoms with van der Waals surface area (Å²) in [6.45, 7) is 6.67. The summed E-state index contributed by atoms with van der Waals surface area (Å²) in [6.07, 6.45) is 1.90. The van der Waals surface area contributed by atoms with Gasteiger partial charge in [0.25, 0.3) is 5.56 Å². The summed E-state index contributed by atoms with van der Waals surface area (Å²) < 4.78 is 11.9. The van der Waals surface area contributed by atoms with Crippen molar-refractivity contribution >= 4 is 45.2 Å². The van der Waals surface area contributed by atoms with Gasteiger partial charge >= 0.3 is 5.97 Å². The number of unbranched alkanes of at least 4 members (excludes halogenated alkanes) is 1. The van der Waals surface area contributed by atoms with Crippen LogP contribution >= 0.6 is 23.1 Å². The average Bonchev–Trinajstić information content (AvgIpc) is 3.17. The van der Waals surface area contributed by atoms with Crippen LogP contribution in [0, 0.1) is 6.92 Å². The Morgan fingerprint density at radius 1 is 1.21 bits per heavy atom. The van der Waals surface area contributed by atoms with Crippen LogP contribution < -0.4 is 15.6 Å². The van der Waals surface area contributed by atoms with Crippen molar-refractivity contribution in [3.8, 4) is 5.75 Å². The molecule has 182 valence electrons. The SMILES string of the molecule is CCCCNC(=O)CSc1nc2sc(C(=O)OCC)c(C)c2c(=O)n1Cc1ccc(OC)cc1. The molecule has 0 fully saturated rings. The lowest BCUT2D eigenvalue weighted by Gasteiger charge is -2.13. The molecule has 0 bridgehead atoms. The lowest BCUT2D eigenvalue weighted by atomic mass is 10.2. The highest BCUT2D eigenvalue weighted by molar-refractivity contribution is 7.99. The first kappa shape index (κ1) is 25.8. The third-order valence-electron chi connectivity index (χ3n) is 5.16. The maximum Gasteiger partial charge on any atom is 0.348 e.